The van der Waals surface area contributed by atoms with Gasteiger partial charge < -0.3 is 19.3 Å². The second-order valence-electron chi connectivity index (χ2n) is 8.44. The molecule has 0 bridgehead atoms. The Morgan fingerprint density at radius 1 is 1.10 bits per heavy atom. The van der Waals surface area contributed by atoms with Crippen molar-refractivity contribution in [2.45, 2.75) is 39.5 Å². The molecule has 0 saturated heterocycles. The van der Waals surface area contributed by atoms with Crippen molar-refractivity contribution < 1.29 is 19.4 Å². The molecule has 160 valence electrons. The van der Waals surface area contributed by atoms with Crippen LogP contribution in [-0.4, -0.2) is 30.9 Å². The van der Waals surface area contributed by atoms with Crippen LogP contribution < -0.4 is 5.56 Å². The van der Waals surface area contributed by atoms with E-state index in [2.05, 4.69) is 0 Å². The number of fused-ring (bicyclic) bond motifs is 2. The number of nitrogens with zero attached hydrogens (tertiary/aromatic N) is 2. The van der Waals surface area contributed by atoms with E-state index >= 15 is 0 Å². The molecule has 2 N–H and O–H groups in total. The molecule has 4 rings (SSSR count). The summed E-state index contributed by atoms with van der Waals surface area (Å²) in [5, 5.41) is 21.4. The Kier molecular flexibility index (Phi) is 4.94. The predicted molar refractivity (Wildman–Crippen MR) is 118 cm³/mol. The second-order valence-corrected chi connectivity index (χ2v) is 8.44. The first-order valence-corrected chi connectivity index (χ1v) is 9.92. The van der Waals surface area contributed by atoms with Crippen LogP contribution in [0.3, 0.4) is 0 Å². The van der Waals surface area contributed by atoms with Gasteiger partial charge in [0, 0.05) is 39.3 Å². The summed E-state index contributed by atoms with van der Waals surface area (Å²) in [6.45, 7) is 4.83. The first-order valence-electron chi connectivity index (χ1n) is 9.92. The maximum Gasteiger partial charge on any atom is 0.323 e. The molecule has 4 aromatic rings. The van der Waals surface area contributed by atoms with Crippen LogP contribution in [0.2, 0.25) is 0 Å². The molecule has 0 atom stereocenters. The van der Waals surface area contributed by atoms with Crippen LogP contribution in [-0.2, 0) is 17.9 Å². The number of carboxylic acids is 1. The lowest BCUT2D eigenvalue weighted by Gasteiger charge is -2.20. The minimum absolute atomic E-state index is 0.0742. The number of hydrogen-bond acceptors (Lipinski definition) is 3. The topological polar surface area (TPSA) is 84.5 Å². The molecule has 2 aromatic carbocycles. The number of hydrogen-bond donors (Lipinski definition) is 2. The average molecular weight is 422 g/mol. The van der Waals surface area contributed by atoms with Gasteiger partial charge >= 0.3 is 5.97 Å². The minimum Gasteiger partial charge on any atom is -0.480 e. The lowest BCUT2D eigenvalue weighted by molar-refractivity contribution is -0.137. The molecular formula is C24H23FN2O4. The van der Waals surface area contributed by atoms with Gasteiger partial charge in [-0.2, -0.15) is 0 Å². The minimum atomic E-state index is -1.12. The monoisotopic (exact) mass is 422 g/mol. The van der Waals surface area contributed by atoms with Crippen molar-refractivity contribution in [1.82, 2.24) is 9.13 Å². The molecule has 0 aliphatic rings. The van der Waals surface area contributed by atoms with Crippen LogP contribution in [0.1, 0.15) is 19.5 Å². The largest absolute Gasteiger partial charge is 0.480 e. The molecule has 0 aliphatic heterocycles. The van der Waals surface area contributed by atoms with E-state index in [0.29, 0.717) is 38.5 Å². The highest BCUT2D eigenvalue weighted by Gasteiger charge is 2.22. The lowest BCUT2D eigenvalue weighted by Crippen LogP contribution is -2.32. The molecule has 0 saturated carbocycles. The van der Waals surface area contributed by atoms with Gasteiger partial charge in [0.15, 0.2) is 0 Å². The Bertz CT molecular complexity index is 1390. The zero-order chi connectivity index (χ0) is 22.5. The third-order valence-corrected chi connectivity index (χ3v) is 5.40. The molecule has 0 amide bonds. The van der Waals surface area contributed by atoms with Crippen LogP contribution in [0.5, 0.6) is 0 Å². The Labute approximate surface area is 177 Å². The van der Waals surface area contributed by atoms with Gasteiger partial charge in [0.25, 0.3) is 5.56 Å². The van der Waals surface area contributed by atoms with E-state index in [1.54, 1.807) is 49.7 Å². The number of carboxylic acid groups (broad SMARTS) is 1. The number of pyridine rings is 1. The van der Waals surface area contributed by atoms with Gasteiger partial charge in [-0.15, -0.1) is 0 Å². The normalized spacial score (nSPS) is 12.0. The van der Waals surface area contributed by atoms with Gasteiger partial charge in [-0.3, -0.25) is 9.59 Å². The Hall–Kier alpha value is -3.45. The number of aliphatic carboxylic acids is 1. The highest BCUT2D eigenvalue weighted by Crippen LogP contribution is 2.38. The van der Waals surface area contributed by atoms with E-state index in [1.807, 2.05) is 12.1 Å². The van der Waals surface area contributed by atoms with Gasteiger partial charge in [-0.1, -0.05) is 18.2 Å². The molecule has 0 fully saturated rings. The highest BCUT2D eigenvalue weighted by molar-refractivity contribution is 6.06. The lowest BCUT2D eigenvalue weighted by atomic mass is 9.97. The molecule has 2 heterocycles. The van der Waals surface area contributed by atoms with E-state index < -0.39 is 17.4 Å². The molecule has 31 heavy (non-hydrogen) atoms. The van der Waals surface area contributed by atoms with E-state index in [9.17, 15) is 24.2 Å². The molecule has 0 radical (unpaired) electrons. The van der Waals surface area contributed by atoms with Crippen LogP contribution in [0.25, 0.3) is 32.8 Å². The number of halogens is 1. The van der Waals surface area contributed by atoms with Crippen molar-refractivity contribution >= 4 is 27.6 Å². The fraction of sp³-hybridized carbons (Fsp3) is 0.250. The average Bonchev–Trinajstić information content (AvgIpc) is 2.94. The van der Waals surface area contributed by atoms with Crippen LogP contribution in [0.15, 0.2) is 53.5 Å². The van der Waals surface area contributed by atoms with Gasteiger partial charge in [0.2, 0.25) is 0 Å². The summed E-state index contributed by atoms with van der Waals surface area (Å²) >= 11 is 0. The molecule has 0 unspecified atom stereocenters. The number of aromatic nitrogens is 2. The number of aliphatic hydroxyl groups is 1. The third-order valence-electron chi connectivity index (χ3n) is 5.40. The van der Waals surface area contributed by atoms with E-state index in [4.69, 9.17) is 0 Å². The van der Waals surface area contributed by atoms with Crippen molar-refractivity contribution in [3.8, 4) is 11.1 Å². The van der Waals surface area contributed by atoms with Crippen LogP contribution >= 0.6 is 0 Å². The summed E-state index contributed by atoms with van der Waals surface area (Å²) in [5.41, 5.74) is 1.23. The maximum absolute atomic E-state index is 14.2. The van der Waals surface area contributed by atoms with Crippen molar-refractivity contribution in [3.05, 3.63) is 70.5 Å². The van der Waals surface area contributed by atoms with Crippen molar-refractivity contribution in [2.24, 2.45) is 0 Å². The Balaban J connectivity index is 2.13. The fourth-order valence-electron chi connectivity index (χ4n) is 4.21. The zero-order valence-electron chi connectivity index (χ0n) is 17.5. The second kappa shape index (κ2) is 7.35. The third kappa shape index (κ3) is 3.72. The van der Waals surface area contributed by atoms with Gasteiger partial charge in [0.1, 0.15) is 12.4 Å². The van der Waals surface area contributed by atoms with E-state index in [-0.39, 0.29) is 18.6 Å². The smallest absolute Gasteiger partial charge is 0.323 e. The molecule has 7 heteroatoms. The molecule has 0 spiro atoms. The zero-order valence-corrected chi connectivity index (χ0v) is 17.5. The van der Waals surface area contributed by atoms with Gasteiger partial charge in [-0.05, 0) is 50.4 Å². The first-order chi connectivity index (χ1) is 14.6. The van der Waals surface area contributed by atoms with Crippen molar-refractivity contribution in [2.75, 3.05) is 0 Å². The molecule has 6 nitrogen and oxygen atoms in total. The van der Waals surface area contributed by atoms with E-state index in [0.717, 1.165) is 0 Å². The molecular weight excluding hydrogens is 399 g/mol. The van der Waals surface area contributed by atoms with Crippen molar-refractivity contribution in [1.29, 1.82) is 0 Å². The standard InChI is InChI=1S/C24H23FN2O4/c1-14-22(18-10-15(25)8-9-20(18)27(14)12-21(28)29)19-11-26(13-24(2,3)31)23(30)17-7-5-4-6-16(17)19/h4-11,31H,12-13H2,1-3H3,(H,28,29). The molecule has 2 aromatic heterocycles. The Morgan fingerprint density at radius 3 is 2.42 bits per heavy atom. The van der Waals surface area contributed by atoms with E-state index in [1.165, 1.54) is 16.7 Å². The first kappa shape index (κ1) is 20.8. The quantitative estimate of drug-likeness (QED) is 0.511. The SMILES string of the molecule is Cc1c(-c2cn(CC(C)(C)O)c(=O)c3ccccc23)c2cc(F)ccc2n1CC(=O)O. The maximum atomic E-state index is 14.2. The van der Waals surface area contributed by atoms with Gasteiger partial charge in [0.05, 0.1) is 12.1 Å². The number of benzene rings is 2. The summed E-state index contributed by atoms with van der Waals surface area (Å²) in [5.74, 6) is -1.44. The summed E-state index contributed by atoms with van der Waals surface area (Å²) in [7, 11) is 0. The van der Waals surface area contributed by atoms with Crippen molar-refractivity contribution in [3.63, 3.8) is 0 Å². The summed E-state index contributed by atoms with van der Waals surface area (Å²) in [6, 6.07) is 11.4. The predicted octanol–water partition coefficient (Wildman–Crippen LogP) is 3.93. The molecule has 0 aliphatic carbocycles. The summed E-state index contributed by atoms with van der Waals surface area (Å²) < 4.78 is 17.3. The number of carbonyl (C=O) groups is 1. The number of rotatable bonds is 5. The van der Waals surface area contributed by atoms with Crippen LogP contribution in [0, 0.1) is 12.7 Å². The summed E-state index contributed by atoms with van der Waals surface area (Å²) in [6.07, 6.45) is 1.67. The highest BCUT2D eigenvalue weighted by atomic mass is 19.1. The van der Waals surface area contributed by atoms with Gasteiger partial charge in [-0.25, -0.2) is 4.39 Å². The van der Waals surface area contributed by atoms with Crippen LogP contribution in [0.4, 0.5) is 4.39 Å². The Morgan fingerprint density at radius 2 is 1.77 bits per heavy atom. The summed E-state index contributed by atoms with van der Waals surface area (Å²) in [4.78, 5) is 24.5. The fourth-order valence-corrected chi connectivity index (χ4v) is 4.21.